The number of hydrogen-bond donors (Lipinski definition) is 1. The van der Waals surface area contributed by atoms with E-state index in [0.29, 0.717) is 13.0 Å². The zero-order valence-corrected chi connectivity index (χ0v) is 11.5. The first kappa shape index (κ1) is 15.0. The number of likely N-dealkylation sites (tertiary alicyclic amines) is 1. The molecule has 1 fully saturated rings. The van der Waals surface area contributed by atoms with Crippen LogP contribution >= 0.6 is 0 Å². The summed E-state index contributed by atoms with van der Waals surface area (Å²) >= 11 is 0. The quantitative estimate of drug-likeness (QED) is 0.708. The molecule has 2 N–H and O–H groups in total. The van der Waals surface area contributed by atoms with Gasteiger partial charge in [0.25, 0.3) is 0 Å². The van der Waals surface area contributed by atoms with Gasteiger partial charge in [-0.05, 0) is 25.7 Å². The van der Waals surface area contributed by atoms with E-state index in [1.807, 2.05) is 0 Å². The average molecular weight is 254 g/mol. The number of unbranched alkanes of at least 4 members (excludes halogenated alkanes) is 4. The Balaban J connectivity index is 2.32. The smallest absolute Gasteiger partial charge is 0.240 e. The van der Waals surface area contributed by atoms with Crippen molar-refractivity contribution in [1.29, 1.82) is 0 Å². The van der Waals surface area contributed by atoms with E-state index >= 15 is 0 Å². The Bertz CT molecular complexity index is 279. The lowest BCUT2D eigenvalue weighted by atomic mass is 10.0. The second-order valence-corrected chi connectivity index (χ2v) is 5.17. The molecule has 18 heavy (non-hydrogen) atoms. The van der Waals surface area contributed by atoms with Crippen molar-refractivity contribution in [3.8, 4) is 0 Å². The van der Waals surface area contributed by atoms with Gasteiger partial charge in [-0.1, -0.05) is 32.6 Å². The van der Waals surface area contributed by atoms with Crippen LogP contribution in [0, 0.1) is 0 Å². The minimum absolute atomic E-state index is 0.106. The molecule has 0 saturated carbocycles. The van der Waals surface area contributed by atoms with E-state index in [4.69, 9.17) is 5.73 Å². The lowest BCUT2D eigenvalue weighted by Gasteiger charge is -2.33. The summed E-state index contributed by atoms with van der Waals surface area (Å²) in [5.41, 5.74) is 5.36. The number of piperidine rings is 1. The SMILES string of the molecule is CCCCCCCC(=O)N1CCCCC1C(N)=O. The predicted octanol–water partition coefficient (Wildman–Crippen LogP) is 2.21. The molecule has 0 bridgehead atoms. The van der Waals surface area contributed by atoms with Gasteiger partial charge in [0.05, 0.1) is 0 Å². The number of carbonyl (C=O) groups is 2. The van der Waals surface area contributed by atoms with Crippen LogP contribution in [0.5, 0.6) is 0 Å². The van der Waals surface area contributed by atoms with Crippen molar-refractivity contribution in [3.05, 3.63) is 0 Å². The molecule has 4 nitrogen and oxygen atoms in total. The van der Waals surface area contributed by atoms with Gasteiger partial charge in [-0.2, -0.15) is 0 Å². The maximum atomic E-state index is 12.1. The summed E-state index contributed by atoms with van der Waals surface area (Å²) in [6.45, 7) is 2.87. The van der Waals surface area contributed by atoms with Crippen molar-refractivity contribution in [2.24, 2.45) is 5.73 Å². The van der Waals surface area contributed by atoms with Gasteiger partial charge >= 0.3 is 0 Å². The molecule has 1 saturated heterocycles. The van der Waals surface area contributed by atoms with E-state index in [0.717, 1.165) is 32.1 Å². The van der Waals surface area contributed by atoms with E-state index in [1.165, 1.54) is 19.3 Å². The highest BCUT2D eigenvalue weighted by molar-refractivity contribution is 5.86. The summed E-state index contributed by atoms with van der Waals surface area (Å²) in [5.74, 6) is -0.246. The summed E-state index contributed by atoms with van der Waals surface area (Å²) in [6.07, 6.45) is 8.97. The van der Waals surface area contributed by atoms with Crippen LogP contribution in [0.1, 0.15) is 64.7 Å². The molecule has 0 aromatic heterocycles. The van der Waals surface area contributed by atoms with Crippen molar-refractivity contribution >= 4 is 11.8 Å². The summed E-state index contributed by atoms with van der Waals surface area (Å²) in [5, 5.41) is 0. The highest BCUT2D eigenvalue weighted by Gasteiger charge is 2.29. The van der Waals surface area contributed by atoms with Crippen LogP contribution < -0.4 is 5.73 Å². The molecule has 1 aliphatic rings. The molecular formula is C14H26N2O2. The summed E-state index contributed by atoms with van der Waals surface area (Å²) < 4.78 is 0. The van der Waals surface area contributed by atoms with Gasteiger partial charge in [0.15, 0.2) is 0 Å². The zero-order valence-electron chi connectivity index (χ0n) is 11.5. The van der Waals surface area contributed by atoms with Crippen LogP contribution in [-0.2, 0) is 9.59 Å². The topological polar surface area (TPSA) is 63.4 Å². The van der Waals surface area contributed by atoms with Crippen LogP contribution in [0.15, 0.2) is 0 Å². The molecule has 104 valence electrons. The summed E-state index contributed by atoms with van der Waals surface area (Å²) in [6, 6.07) is -0.359. The third kappa shape index (κ3) is 4.67. The lowest BCUT2D eigenvalue weighted by Crippen LogP contribution is -2.50. The van der Waals surface area contributed by atoms with E-state index in [1.54, 1.807) is 4.90 Å². The molecule has 1 atom stereocenters. The fraction of sp³-hybridized carbons (Fsp3) is 0.857. The minimum atomic E-state index is -0.359. The molecule has 0 spiro atoms. The number of nitrogens with two attached hydrogens (primary N) is 1. The standard InChI is InChI=1S/C14H26N2O2/c1-2-3-4-5-6-10-13(17)16-11-8-7-9-12(16)14(15)18/h12H,2-11H2,1H3,(H2,15,18). The second-order valence-electron chi connectivity index (χ2n) is 5.17. The molecule has 1 aliphatic heterocycles. The first-order valence-corrected chi connectivity index (χ1v) is 7.25. The van der Waals surface area contributed by atoms with Gasteiger partial charge in [0, 0.05) is 13.0 Å². The van der Waals surface area contributed by atoms with Gasteiger partial charge in [-0.15, -0.1) is 0 Å². The first-order chi connectivity index (χ1) is 8.66. The number of hydrogen-bond acceptors (Lipinski definition) is 2. The molecule has 0 aromatic carbocycles. The maximum absolute atomic E-state index is 12.1. The monoisotopic (exact) mass is 254 g/mol. The van der Waals surface area contributed by atoms with E-state index in [9.17, 15) is 9.59 Å². The van der Waals surface area contributed by atoms with Gasteiger partial charge in [-0.3, -0.25) is 9.59 Å². The summed E-state index contributed by atoms with van der Waals surface area (Å²) in [4.78, 5) is 25.1. The van der Waals surface area contributed by atoms with Crippen LogP contribution in [-0.4, -0.2) is 29.3 Å². The lowest BCUT2D eigenvalue weighted by molar-refractivity contribution is -0.141. The fourth-order valence-corrected chi connectivity index (χ4v) is 2.55. The number of primary amides is 1. The van der Waals surface area contributed by atoms with Crippen molar-refractivity contribution < 1.29 is 9.59 Å². The molecule has 1 unspecified atom stereocenters. The summed E-state index contributed by atoms with van der Waals surface area (Å²) in [7, 11) is 0. The van der Waals surface area contributed by atoms with E-state index in [2.05, 4.69) is 6.92 Å². The molecule has 4 heteroatoms. The van der Waals surface area contributed by atoms with Gasteiger partial charge in [0.2, 0.25) is 11.8 Å². The van der Waals surface area contributed by atoms with Crippen LogP contribution in [0.4, 0.5) is 0 Å². The number of rotatable bonds is 7. The maximum Gasteiger partial charge on any atom is 0.240 e. The van der Waals surface area contributed by atoms with Gasteiger partial charge in [0.1, 0.15) is 6.04 Å². The van der Waals surface area contributed by atoms with Crippen LogP contribution in [0.25, 0.3) is 0 Å². The van der Waals surface area contributed by atoms with Gasteiger partial charge in [-0.25, -0.2) is 0 Å². The van der Waals surface area contributed by atoms with E-state index in [-0.39, 0.29) is 17.9 Å². The van der Waals surface area contributed by atoms with Gasteiger partial charge < -0.3 is 10.6 Å². The zero-order chi connectivity index (χ0) is 13.4. The molecule has 1 rings (SSSR count). The Morgan fingerprint density at radius 3 is 2.56 bits per heavy atom. The normalized spacial score (nSPS) is 19.8. The Morgan fingerprint density at radius 2 is 1.89 bits per heavy atom. The first-order valence-electron chi connectivity index (χ1n) is 7.25. The molecule has 0 aliphatic carbocycles. The fourth-order valence-electron chi connectivity index (χ4n) is 2.55. The van der Waals surface area contributed by atoms with Crippen molar-refractivity contribution in [2.75, 3.05) is 6.54 Å². The van der Waals surface area contributed by atoms with Crippen LogP contribution in [0.3, 0.4) is 0 Å². The van der Waals surface area contributed by atoms with E-state index < -0.39 is 0 Å². The Labute approximate surface area is 110 Å². The highest BCUT2D eigenvalue weighted by Crippen LogP contribution is 2.18. The molecule has 2 amide bonds. The minimum Gasteiger partial charge on any atom is -0.368 e. The highest BCUT2D eigenvalue weighted by atomic mass is 16.2. The van der Waals surface area contributed by atoms with Crippen molar-refractivity contribution in [2.45, 2.75) is 70.8 Å². The molecule has 1 heterocycles. The number of amides is 2. The van der Waals surface area contributed by atoms with Crippen LogP contribution in [0.2, 0.25) is 0 Å². The van der Waals surface area contributed by atoms with Crippen molar-refractivity contribution in [1.82, 2.24) is 4.90 Å². The third-order valence-electron chi connectivity index (χ3n) is 3.65. The predicted molar refractivity (Wildman–Crippen MR) is 71.9 cm³/mol. The Morgan fingerprint density at radius 1 is 1.17 bits per heavy atom. The third-order valence-corrected chi connectivity index (χ3v) is 3.65. The largest absolute Gasteiger partial charge is 0.368 e. The number of nitrogens with zero attached hydrogens (tertiary/aromatic N) is 1. The molecule has 0 radical (unpaired) electrons. The van der Waals surface area contributed by atoms with Crippen molar-refractivity contribution in [3.63, 3.8) is 0 Å². The Kier molecular flexibility index (Phi) is 6.76. The number of carbonyl (C=O) groups excluding carboxylic acids is 2. The Hall–Kier alpha value is -1.06. The average Bonchev–Trinajstić information content (AvgIpc) is 2.38. The molecule has 0 aromatic rings. The second kappa shape index (κ2) is 8.11. The molecular weight excluding hydrogens is 228 g/mol.